The molecule has 9 heteroatoms. The van der Waals surface area contributed by atoms with Gasteiger partial charge in [0.15, 0.2) is 0 Å². The van der Waals surface area contributed by atoms with Crippen molar-refractivity contribution in [1.82, 2.24) is 10.2 Å². The molecule has 0 fully saturated rings. The second-order valence-electron chi connectivity index (χ2n) is 9.63. The van der Waals surface area contributed by atoms with E-state index in [2.05, 4.69) is 5.32 Å². The van der Waals surface area contributed by atoms with Crippen molar-refractivity contribution in [3.05, 3.63) is 94.5 Å². The zero-order valence-corrected chi connectivity index (χ0v) is 23.9. The molecule has 0 aromatic heterocycles. The van der Waals surface area contributed by atoms with Crippen LogP contribution in [0.1, 0.15) is 37.5 Å². The van der Waals surface area contributed by atoms with Crippen LogP contribution in [0.2, 0.25) is 5.02 Å². The summed E-state index contributed by atoms with van der Waals surface area (Å²) in [7, 11) is -4.17. The highest BCUT2D eigenvalue weighted by Crippen LogP contribution is 2.31. The Morgan fingerprint density at radius 3 is 2.16 bits per heavy atom. The molecule has 0 aliphatic heterocycles. The molecule has 0 saturated carbocycles. The molecule has 3 rings (SSSR count). The van der Waals surface area contributed by atoms with Gasteiger partial charge in [-0.3, -0.25) is 13.9 Å². The zero-order valence-electron chi connectivity index (χ0n) is 22.3. The summed E-state index contributed by atoms with van der Waals surface area (Å²) in [5, 5.41) is 3.03. The van der Waals surface area contributed by atoms with Crippen LogP contribution in [0.3, 0.4) is 0 Å². The summed E-state index contributed by atoms with van der Waals surface area (Å²) in [6, 6.07) is 19.5. The summed E-state index contributed by atoms with van der Waals surface area (Å²) in [5.74, 6) is -0.861. The van der Waals surface area contributed by atoms with E-state index in [1.165, 1.54) is 17.0 Å². The van der Waals surface area contributed by atoms with Gasteiger partial charge in [0.1, 0.15) is 12.6 Å². The number of hydrogen-bond donors (Lipinski definition) is 1. The summed E-state index contributed by atoms with van der Waals surface area (Å²) in [5.41, 5.74) is 2.92. The van der Waals surface area contributed by atoms with E-state index in [0.29, 0.717) is 0 Å². The lowest BCUT2D eigenvalue weighted by molar-refractivity contribution is -0.139. The van der Waals surface area contributed by atoms with E-state index in [1.807, 2.05) is 52.0 Å². The molecular formula is C29H34ClN3O4S. The Kier molecular flexibility index (Phi) is 9.57. The van der Waals surface area contributed by atoms with E-state index in [0.717, 1.165) is 21.0 Å². The number of sulfonamides is 1. The average Bonchev–Trinajstić information content (AvgIpc) is 2.85. The molecule has 38 heavy (non-hydrogen) atoms. The highest BCUT2D eigenvalue weighted by Gasteiger charge is 2.33. The molecular weight excluding hydrogens is 522 g/mol. The van der Waals surface area contributed by atoms with Gasteiger partial charge in [0.25, 0.3) is 10.0 Å². The average molecular weight is 556 g/mol. The molecule has 0 aliphatic rings. The number of nitrogens with one attached hydrogen (secondary N) is 1. The Hall–Kier alpha value is -3.36. The van der Waals surface area contributed by atoms with Crippen molar-refractivity contribution in [1.29, 1.82) is 0 Å². The van der Waals surface area contributed by atoms with E-state index >= 15 is 0 Å². The lowest BCUT2D eigenvalue weighted by Gasteiger charge is -2.32. The molecule has 202 valence electrons. The van der Waals surface area contributed by atoms with Crippen molar-refractivity contribution >= 4 is 39.1 Å². The van der Waals surface area contributed by atoms with Gasteiger partial charge in [-0.15, -0.1) is 0 Å². The maximum absolute atomic E-state index is 13.9. The number of nitrogens with zero attached hydrogens (tertiary/aromatic N) is 2. The second-order valence-corrected chi connectivity index (χ2v) is 11.9. The molecule has 2 amide bonds. The van der Waals surface area contributed by atoms with Crippen molar-refractivity contribution in [2.45, 2.75) is 58.1 Å². The van der Waals surface area contributed by atoms with Crippen LogP contribution in [0.5, 0.6) is 0 Å². The third-order valence-corrected chi connectivity index (χ3v) is 8.14. The second kappa shape index (κ2) is 12.5. The highest BCUT2D eigenvalue weighted by atomic mass is 35.5. The third-order valence-electron chi connectivity index (χ3n) is 6.04. The molecule has 7 nitrogen and oxygen atoms in total. The summed E-state index contributed by atoms with van der Waals surface area (Å²) < 4.78 is 28.7. The number of benzene rings is 3. The monoisotopic (exact) mass is 555 g/mol. The first-order chi connectivity index (χ1) is 17.9. The maximum atomic E-state index is 13.9. The molecule has 0 saturated heterocycles. The topological polar surface area (TPSA) is 86.8 Å². The molecule has 3 aromatic carbocycles. The molecule has 0 spiro atoms. The Morgan fingerprint density at radius 1 is 0.895 bits per heavy atom. The Morgan fingerprint density at radius 2 is 1.55 bits per heavy atom. The van der Waals surface area contributed by atoms with Crippen molar-refractivity contribution < 1.29 is 18.0 Å². The summed E-state index contributed by atoms with van der Waals surface area (Å²) >= 11 is 6.42. The van der Waals surface area contributed by atoms with E-state index in [-0.39, 0.29) is 34.1 Å². The number of halogens is 1. The van der Waals surface area contributed by atoms with Gasteiger partial charge >= 0.3 is 0 Å². The first-order valence-corrected chi connectivity index (χ1v) is 14.2. The lowest BCUT2D eigenvalue weighted by atomic mass is 10.1. The zero-order chi connectivity index (χ0) is 28.0. The van der Waals surface area contributed by atoms with Crippen LogP contribution >= 0.6 is 11.6 Å². The van der Waals surface area contributed by atoms with Gasteiger partial charge < -0.3 is 10.2 Å². The molecule has 0 bridgehead atoms. The number of hydrogen-bond acceptors (Lipinski definition) is 4. The van der Waals surface area contributed by atoms with E-state index in [4.69, 9.17) is 11.6 Å². The number of anilines is 1. The molecule has 1 atom stereocenters. The predicted molar refractivity (Wildman–Crippen MR) is 152 cm³/mol. The fourth-order valence-corrected chi connectivity index (χ4v) is 5.72. The van der Waals surface area contributed by atoms with Gasteiger partial charge in [-0.25, -0.2) is 8.42 Å². The van der Waals surface area contributed by atoms with Gasteiger partial charge in [0.2, 0.25) is 11.8 Å². The molecule has 0 radical (unpaired) electrons. The SMILES string of the molecule is Cc1ccc(S(=O)(=O)N(CC(=O)N(Cc2cccc(C)c2)[C@@H](C)C(=O)NC(C)C)c2ccccc2Cl)cc1. The fraction of sp³-hybridized carbons (Fsp3) is 0.310. The van der Waals surface area contributed by atoms with Crippen LogP contribution in [-0.4, -0.2) is 43.8 Å². The minimum absolute atomic E-state index is 0.0339. The first-order valence-electron chi connectivity index (χ1n) is 12.4. The van der Waals surface area contributed by atoms with Crippen LogP contribution in [0.4, 0.5) is 5.69 Å². The van der Waals surface area contributed by atoms with E-state index in [9.17, 15) is 18.0 Å². The number of para-hydroxylation sites is 1. The van der Waals surface area contributed by atoms with Gasteiger partial charge in [0.05, 0.1) is 15.6 Å². The first kappa shape index (κ1) is 29.2. The van der Waals surface area contributed by atoms with Crippen LogP contribution in [0.25, 0.3) is 0 Å². The lowest BCUT2D eigenvalue weighted by Crippen LogP contribution is -2.52. The third kappa shape index (κ3) is 7.14. The number of carbonyl (C=O) groups is 2. The Bertz CT molecular complexity index is 1390. The minimum atomic E-state index is -4.17. The fourth-order valence-electron chi connectivity index (χ4n) is 4.00. The quantitative estimate of drug-likeness (QED) is 0.377. The minimum Gasteiger partial charge on any atom is -0.352 e. The number of rotatable bonds is 10. The van der Waals surface area contributed by atoms with Crippen LogP contribution in [0, 0.1) is 13.8 Å². The Labute approximate surface area is 230 Å². The molecule has 1 N–H and O–H groups in total. The molecule has 0 heterocycles. The van der Waals surface area contributed by atoms with Gasteiger partial charge in [-0.1, -0.05) is 71.3 Å². The number of aryl methyl sites for hydroxylation is 2. The number of carbonyl (C=O) groups excluding carboxylic acids is 2. The highest BCUT2D eigenvalue weighted by molar-refractivity contribution is 7.92. The summed E-state index contributed by atoms with van der Waals surface area (Å²) in [6.45, 7) is 8.71. The molecule has 0 unspecified atom stereocenters. The van der Waals surface area contributed by atoms with Crippen LogP contribution < -0.4 is 9.62 Å². The standard InChI is InChI=1S/C29H34ClN3O4S/c1-20(2)31-29(35)23(5)32(18-24-10-8-9-22(4)17-24)28(34)19-33(27-12-7-6-11-26(27)30)38(36,37)25-15-13-21(3)14-16-25/h6-17,20,23H,18-19H2,1-5H3,(H,31,35)/t23-/m0/s1. The summed E-state index contributed by atoms with van der Waals surface area (Å²) in [4.78, 5) is 28.3. The maximum Gasteiger partial charge on any atom is 0.264 e. The van der Waals surface area contributed by atoms with Crippen LogP contribution in [-0.2, 0) is 26.2 Å². The molecule has 3 aromatic rings. The molecule has 0 aliphatic carbocycles. The largest absolute Gasteiger partial charge is 0.352 e. The van der Waals surface area contributed by atoms with Gasteiger partial charge in [-0.05, 0) is 64.4 Å². The predicted octanol–water partition coefficient (Wildman–Crippen LogP) is 5.09. The summed E-state index contributed by atoms with van der Waals surface area (Å²) in [6.07, 6.45) is 0. The van der Waals surface area contributed by atoms with Gasteiger partial charge in [-0.2, -0.15) is 0 Å². The van der Waals surface area contributed by atoms with Crippen LogP contribution in [0.15, 0.2) is 77.7 Å². The van der Waals surface area contributed by atoms with E-state index in [1.54, 1.807) is 43.3 Å². The van der Waals surface area contributed by atoms with Gasteiger partial charge in [0, 0.05) is 12.6 Å². The van der Waals surface area contributed by atoms with E-state index < -0.39 is 28.5 Å². The van der Waals surface area contributed by atoms with Crippen molar-refractivity contribution in [3.8, 4) is 0 Å². The van der Waals surface area contributed by atoms with Crippen molar-refractivity contribution in [2.75, 3.05) is 10.8 Å². The normalized spacial score (nSPS) is 12.2. The Balaban J connectivity index is 2.05. The number of amides is 2. The smallest absolute Gasteiger partial charge is 0.264 e. The van der Waals surface area contributed by atoms with Crippen molar-refractivity contribution in [2.24, 2.45) is 0 Å². The van der Waals surface area contributed by atoms with Crippen molar-refractivity contribution in [3.63, 3.8) is 0 Å².